The first-order valence-corrected chi connectivity index (χ1v) is 12.7. The second-order valence-corrected chi connectivity index (χ2v) is 9.60. The summed E-state index contributed by atoms with van der Waals surface area (Å²) >= 11 is 5.78. The molecule has 0 unspecified atom stereocenters. The van der Waals surface area contributed by atoms with Crippen LogP contribution in [0.5, 0.6) is 5.75 Å². The molecule has 0 aliphatic carbocycles. The number of carbonyl (C=O) groups is 2. The number of amides is 2. The van der Waals surface area contributed by atoms with Gasteiger partial charge in [-0.05, 0) is 94.4 Å². The largest absolute Gasteiger partial charge is 0.497 e. The van der Waals surface area contributed by atoms with E-state index in [2.05, 4.69) is 10.2 Å². The Bertz CT molecular complexity index is 1040. The summed E-state index contributed by atoms with van der Waals surface area (Å²) < 4.78 is 5.18. The van der Waals surface area contributed by atoms with Gasteiger partial charge in [-0.2, -0.15) is 0 Å². The highest BCUT2D eigenvalue weighted by Gasteiger charge is 2.43. The number of carbonyl (C=O) groups excluding carboxylic acids is 2. The van der Waals surface area contributed by atoms with E-state index in [1.165, 1.54) is 19.3 Å². The van der Waals surface area contributed by atoms with Crippen LogP contribution in [0.3, 0.4) is 0 Å². The van der Waals surface area contributed by atoms with Crippen molar-refractivity contribution in [1.29, 1.82) is 0 Å². The van der Waals surface area contributed by atoms with E-state index in [9.17, 15) is 9.59 Å². The molecule has 2 aromatic rings. The maximum absolute atomic E-state index is 13.5. The van der Waals surface area contributed by atoms with E-state index in [0.29, 0.717) is 23.1 Å². The van der Waals surface area contributed by atoms with Gasteiger partial charge in [-0.1, -0.05) is 24.1 Å². The third-order valence-corrected chi connectivity index (χ3v) is 7.10. The lowest BCUT2D eigenvalue weighted by Gasteiger charge is -2.28. The minimum atomic E-state index is -0.622. The first-order valence-electron chi connectivity index (χ1n) is 12.3. The summed E-state index contributed by atoms with van der Waals surface area (Å²) in [6.07, 6.45) is 4.73. The van der Waals surface area contributed by atoms with Gasteiger partial charge in [-0.25, -0.2) is 0 Å². The number of nitrogens with zero attached hydrogens (tertiary/aromatic N) is 3. The minimum absolute atomic E-state index is 0.0388. The molecule has 0 aromatic heterocycles. The van der Waals surface area contributed by atoms with Gasteiger partial charge in [-0.3, -0.25) is 14.5 Å². The van der Waals surface area contributed by atoms with E-state index in [1.807, 2.05) is 36.1 Å². The van der Waals surface area contributed by atoms with E-state index < -0.39 is 6.04 Å². The highest BCUT2D eigenvalue weighted by Crippen LogP contribution is 2.28. The Labute approximate surface area is 213 Å². The van der Waals surface area contributed by atoms with Crippen LogP contribution in [0.1, 0.15) is 37.7 Å². The Morgan fingerprint density at radius 1 is 1.03 bits per heavy atom. The molecule has 7 nitrogen and oxygen atoms in total. The standard InChI is InChI=1S/C27H34N4O3S/c1-20-7-11-22(12-8-20)31-26(33)24(19-25(32)28-21-9-13-23(34-2)14-10-21)30(27(31)35)18-6-17-29-15-4-3-5-16-29/h7-14,24H,3-6,15-19H2,1-2H3,(H,28,32)/t24-/m0/s1. The van der Waals surface area contributed by atoms with Crippen LogP contribution in [0.2, 0.25) is 0 Å². The Hall–Kier alpha value is -2.97. The molecule has 0 saturated carbocycles. The number of benzene rings is 2. The molecule has 2 aromatic carbocycles. The van der Waals surface area contributed by atoms with Gasteiger partial charge in [-0.15, -0.1) is 0 Å². The summed E-state index contributed by atoms with van der Waals surface area (Å²) in [6, 6.07) is 14.3. The van der Waals surface area contributed by atoms with Gasteiger partial charge < -0.3 is 19.9 Å². The lowest BCUT2D eigenvalue weighted by molar-refractivity contribution is -0.124. The summed E-state index contributed by atoms with van der Waals surface area (Å²) in [4.78, 5) is 32.5. The number of methoxy groups -OCH3 is 1. The molecule has 0 spiro atoms. The van der Waals surface area contributed by atoms with Gasteiger partial charge in [0.1, 0.15) is 11.8 Å². The van der Waals surface area contributed by atoms with Gasteiger partial charge in [0, 0.05) is 12.2 Å². The topological polar surface area (TPSA) is 65.1 Å². The Kier molecular flexibility index (Phi) is 8.36. The number of likely N-dealkylation sites (tertiary alicyclic amines) is 1. The number of piperidine rings is 1. The van der Waals surface area contributed by atoms with E-state index in [4.69, 9.17) is 17.0 Å². The Morgan fingerprint density at radius 3 is 2.37 bits per heavy atom. The van der Waals surface area contributed by atoms with Crippen LogP contribution >= 0.6 is 12.2 Å². The fourth-order valence-electron chi connectivity index (χ4n) is 4.73. The lowest BCUT2D eigenvalue weighted by atomic mass is 10.1. The number of hydrogen-bond acceptors (Lipinski definition) is 5. The molecule has 35 heavy (non-hydrogen) atoms. The third-order valence-electron chi connectivity index (χ3n) is 6.69. The first-order chi connectivity index (χ1) is 17.0. The number of hydrogen-bond donors (Lipinski definition) is 1. The van der Waals surface area contributed by atoms with E-state index in [-0.39, 0.29) is 18.2 Å². The van der Waals surface area contributed by atoms with Crippen molar-refractivity contribution in [2.24, 2.45) is 0 Å². The van der Waals surface area contributed by atoms with E-state index in [0.717, 1.165) is 37.3 Å². The molecule has 1 N–H and O–H groups in total. The van der Waals surface area contributed by atoms with Gasteiger partial charge in [0.25, 0.3) is 5.91 Å². The summed E-state index contributed by atoms with van der Waals surface area (Å²) in [6.45, 7) is 5.89. The zero-order chi connectivity index (χ0) is 24.8. The van der Waals surface area contributed by atoms with Crippen LogP contribution < -0.4 is 15.0 Å². The number of rotatable bonds is 9. The van der Waals surface area contributed by atoms with Crippen molar-refractivity contribution in [2.75, 3.05) is 43.5 Å². The highest BCUT2D eigenvalue weighted by molar-refractivity contribution is 7.80. The Morgan fingerprint density at radius 2 is 1.71 bits per heavy atom. The molecular weight excluding hydrogens is 460 g/mol. The van der Waals surface area contributed by atoms with Crippen LogP contribution in [-0.2, 0) is 9.59 Å². The van der Waals surface area contributed by atoms with Crippen LogP contribution in [-0.4, -0.2) is 66.1 Å². The van der Waals surface area contributed by atoms with E-state index >= 15 is 0 Å². The predicted molar refractivity (Wildman–Crippen MR) is 143 cm³/mol. The zero-order valence-corrected chi connectivity index (χ0v) is 21.4. The second kappa shape index (κ2) is 11.6. The van der Waals surface area contributed by atoms with Gasteiger partial charge >= 0.3 is 0 Å². The van der Waals surface area contributed by atoms with Crippen molar-refractivity contribution < 1.29 is 14.3 Å². The number of anilines is 2. The van der Waals surface area contributed by atoms with Gasteiger partial charge in [0.15, 0.2) is 5.11 Å². The molecule has 0 bridgehead atoms. The minimum Gasteiger partial charge on any atom is -0.497 e. The molecule has 2 fully saturated rings. The average molecular weight is 495 g/mol. The summed E-state index contributed by atoms with van der Waals surface area (Å²) in [7, 11) is 1.60. The number of aryl methyl sites for hydroxylation is 1. The first kappa shape index (κ1) is 25.1. The van der Waals surface area contributed by atoms with Crippen molar-refractivity contribution in [3.05, 3.63) is 54.1 Å². The summed E-state index contributed by atoms with van der Waals surface area (Å²) in [5, 5.41) is 3.37. The van der Waals surface area contributed by atoms with Crippen molar-refractivity contribution in [1.82, 2.24) is 9.80 Å². The fraction of sp³-hybridized carbons (Fsp3) is 0.444. The average Bonchev–Trinajstić information content (AvgIpc) is 3.09. The van der Waals surface area contributed by atoms with E-state index in [1.54, 1.807) is 36.3 Å². The highest BCUT2D eigenvalue weighted by atomic mass is 32.1. The maximum Gasteiger partial charge on any atom is 0.256 e. The van der Waals surface area contributed by atoms with Crippen LogP contribution in [0.4, 0.5) is 11.4 Å². The Balaban J connectivity index is 1.46. The normalized spacial score (nSPS) is 18.7. The summed E-state index contributed by atoms with van der Waals surface area (Å²) in [5.74, 6) is 0.345. The molecule has 2 saturated heterocycles. The molecule has 2 amide bonds. The maximum atomic E-state index is 13.5. The quantitative estimate of drug-likeness (QED) is 0.527. The zero-order valence-electron chi connectivity index (χ0n) is 20.5. The van der Waals surface area contributed by atoms with Crippen molar-refractivity contribution in [3.63, 3.8) is 0 Å². The molecular formula is C27H34N4O3S. The smallest absolute Gasteiger partial charge is 0.256 e. The molecule has 1 atom stereocenters. The molecule has 0 radical (unpaired) electrons. The van der Waals surface area contributed by atoms with Crippen LogP contribution in [0.25, 0.3) is 0 Å². The van der Waals surface area contributed by atoms with Crippen LogP contribution in [0, 0.1) is 6.92 Å². The van der Waals surface area contributed by atoms with Crippen LogP contribution in [0.15, 0.2) is 48.5 Å². The van der Waals surface area contributed by atoms with Gasteiger partial charge in [0.2, 0.25) is 5.91 Å². The summed E-state index contributed by atoms with van der Waals surface area (Å²) in [5.41, 5.74) is 2.51. The molecule has 2 aliphatic heterocycles. The monoisotopic (exact) mass is 494 g/mol. The number of ether oxygens (including phenoxy) is 1. The molecule has 4 rings (SSSR count). The van der Waals surface area contributed by atoms with Crippen molar-refractivity contribution in [3.8, 4) is 5.75 Å². The predicted octanol–water partition coefficient (Wildman–Crippen LogP) is 4.21. The SMILES string of the molecule is COc1ccc(NC(=O)C[C@H]2C(=O)N(c3ccc(C)cc3)C(=S)N2CCCN2CCCCC2)cc1. The van der Waals surface area contributed by atoms with Crippen molar-refractivity contribution in [2.45, 2.75) is 45.1 Å². The van der Waals surface area contributed by atoms with Crippen molar-refractivity contribution >= 4 is 40.5 Å². The molecule has 2 aliphatic rings. The molecule has 8 heteroatoms. The van der Waals surface area contributed by atoms with Gasteiger partial charge in [0.05, 0.1) is 19.2 Å². The molecule has 186 valence electrons. The number of thiocarbonyl (C=S) groups is 1. The fourth-order valence-corrected chi connectivity index (χ4v) is 5.14. The molecule has 2 heterocycles. The second-order valence-electron chi connectivity index (χ2n) is 9.24. The lowest BCUT2D eigenvalue weighted by Crippen LogP contribution is -2.40. The third kappa shape index (κ3) is 6.18. The number of nitrogens with one attached hydrogen (secondary N) is 1.